The Morgan fingerprint density at radius 2 is 1.33 bits per heavy atom. The third-order valence-corrected chi connectivity index (χ3v) is 2.33. The molecule has 0 spiro atoms. The summed E-state index contributed by atoms with van der Waals surface area (Å²) in [6, 6.07) is 9.95. The molecular weight excluding hydrogens is 220 g/mol. The van der Waals surface area contributed by atoms with E-state index >= 15 is 0 Å². The van der Waals surface area contributed by atoms with Crippen LogP contribution in [0.2, 0.25) is 0 Å². The summed E-state index contributed by atoms with van der Waals surface area (Å²) in [5, 5.41) is 0. The van der Waals surface area contributed by atoms with Crippen LogP contribution in [-0.2, 0) is 0 Å². The van der Waals surface area contributed by atoms with Crippen molar-refractivity contribution in [3.8, 4) is 0 Å². The lowest BCUT2D eigenvalue weighted by Gasteiger charge is -2.13. The molecule has 0 unspecified atom stereocenters. The fourth-order valence-corrected chi connectivity index (χ4v) is 1.64. The van der Waals surface area contributed by atoms with Crippen LogP contribution < -0.4 is 0 Å². The molecule has 1 aromatic rings. The quantitative estimate of drug-likeness (QED) is 0.657. The van der Waals surface area contributed by atoms with E-state index in [2.05, 4.69) is 30.8 Å². The standard InChI is InChI=1S/C16H18N2/c1-16(2,3)18-15-11-9-14(10-12-15)17-13-7-5-4-6-8-13/h4-12H,1-3H3. The molecular formula is C16H18N2. The van der Waals surface area contributed by atoms with Gasteiger partial charge in [0.15, 0.2) is 0 Å². The van der Waals surface area contributed by atoms with Crippen LogP contribution in [0.3, 0.4) is 0 Å². The van der Waals surface area contributed by atoms with Gasteiger partial charge in [0, 0.05) is 0 Å². The first-order valence-corrected chi connectivity index (χ1v) is 6.13. The largest absolute Gasteiger partial charge is 0.280 e. The highest BCUT2D eigenvalue weighted by atomic mass is 14.8. The van der Waals surface area contributed by atoms with Crippen LogP contribution in [0.25, 0.3) is 0 Å². The van der Waals surface area contributed by atoms with Gasteiger partial charge in [-0.2, -0.15) is 0 Å². The number of hydrogen-bond acceptors (Lipinski definition) is 2. The summed E-state index contributed by atoms with van der Waals surface area (Å²) < 4.78 is 0. The summed E-state index contributed by atoms with van der Waals surface area (Å²) in [5.74, 6) is 0. The number of allylic oxidation sites excluding steroid dienone is 4. The second-order valence-electron chi connectivity index (χ2n) is 5.25. The van der Waals surface area contributed by atoms with Gasteiger partial charge in [0.1, 0.15) is 0 Å². The lowest BCUT2D eigenvalue weighted by atomic mass is 10.1. The number of benzene rings is 1. The second-order valence-corrected chi connectivity index (χ2v) is 5.25. The van der Waals surface area contributed by atoms with Crippen LogP contribution in [0.1, 0.15) is 20.8 Å². The van der Waals surface area contributed by atoms with E-state index in [0.717, 1.165) is 17.1 Å². The summed E-state index contributed by atoms with van der Waals surface area (Å²) in [6.45, 7) is 6.28. The van der Waals surface area contributed by atoms with Crippen molar-refractivity contribution in [1.82, 2.24) is 0 Å². The highest BCUT2D eigenvalue weighted by molar-refractivity contribution is 6.19. The Hall–Kier alpha value is -1.96. The fourth-order valence-electron chi connectivity index (χ4n) is 1.64. The zero-order valence-electron chi connectivity index (χ0n) is 11.1. The molecule has 0 aliphatic heterocycles. The number of nitrogens with zero attached hydrogens (tertiary/aromatic N) is 2. The number of para-hydroxylation sites is 1. The Morgan fingerprint density at radius 3 is 1.89 bits per heavy atom. The smallest absolute Gasteiger partial charge is 0.0638 e. The van der Waals surface area contributed by atoms with E-state index in [-0.39, 0.29) is 5.54 Å². The first kappa shape index (κ1) is 12.5. The fraction of sp³-hybridized carbons (Fsp3) is 0.250. The van der Waals surface area contributed by atoms with Gasteiger partial charge in [0.2, 0.25) is 0 Å². The van der Waals surface area contributed by atoms with Crippen molar-refractivity contribution < 1.29 is 0 Å². The van der Waals surface area contributed by atoms with Gasteiger partial charge in [-0.1, -0.05) is 18.2 Å². The molecule has 0 amide bonds. The lowest BCUT2D eigenvalue weighted by molar-refractivity contribution is 0.585. The van der Waals surface area contributed by atoms with Gasteiger partial charge in [0.25, 0.3) is 0 Å². The van der Waals surface area contributed by atoms with Crippen molar-refractivity contribution >= 4 is 17.1 Å². The SMILES string of the molecule is CC(C)(C)N=C1C=CC(=Nc2ccccc2)C=C1. The van der Waals surface area contributed by atoms with Crippen LogP contribution in [-0.4, -0.2) is 17.0 Å². The maximum absolute atomic E-state index is 4.60. The van der Waals surface area contributed by atoms with Crippen LogP contribution in [0.5, 0.6) is 0 Å². The van der Waals surface area contributed by atoms with Crippen molar-refractivity contribution in [3.63, 3.8) is 0 Å². The average Bonchev–Trinajstić information content (AvgIpc) is 2.31. The second kappa shape index (κ2) is 5.13. The molecule has 0 atom stereocenters. The molecule has 0 bridgehead atoms. The third-order valence-electron chi connectivity index (χ3n) is 2.33. The van der Waals surface area contributed by atoms with Crippen molar-refractivity contribution in [2.24, 2.45) is 9.98 Å². The molecule has 18 heavy (non-hydrogen) atoms. The molecule has 2 heteroatoms. The van der Waals surface area contributed by atoms with Crippen molar-refractivity contribution in [3.05, 3.63) is 54.6 Å². The van der Waals surface area contributed by atoms with Crippen molar-refractivity contribution in [1.29, 1.82) is 0 Å². The van der Waals surface area contributed by atoms with Gasteiger partial charge in [-0.3, -0.25) is 4.99 Å². The predicted octanol–water partition coefficient (Wildman–Crippen LogP) is 4.12. The monoisotopic (exact) mass is 238 g/mol. The van der Waals surface area contributed by atoms with E-state index in [1.54, 1.807) is 0 Å². The molecule has 0 aromatic heterocycles. The summed E-state index contributed by atoms with van der Waals surface area (Å²) in [7, 11) is 0. The molecule has 92 valence electrons. The zero-order valence-corrected chi connectivity index (χ0v) is 11.1. The van der Waals surface area contributed by atoms with E-state index in [0.29, 0.717) is 0 Å². The summed E-state index contributed by atoms with van der Waals surface area (Å²) in [4.78, 5) is 9.13. The number of aliphatic imine (C=N–C) groups is 2. The third kappa shape index (κ3) is 3.81. The molecule has 2 rings (SSSR count). The van der Waals surface area contributed by atoms with E-state index in [9.17, 15) is 0 Å². The predicted molar refractivity (Wildman–Crippen MR) is 79.0 cm³/mol. The molecule has 0 fully saturated rings. The van der Waals surface area contributed by atoms with Gasteiger partial charge >= 0.3 is 0 Å². The van der Waals surface area contributed by atoms with Crippen LogP contribution in [0.15, 0.2) is 64.6 Å². The van der Waals surface area contributed by atoms with E-state index < -0.39 is 0 Å². The maximum atomic E-state index is 4.60. The van der Waals surface area contributed by atoms with Crippen LogP contribution in [0.4, 0.5) is 5.69 Å². The number of rotatable bonds is 1. The van der Waals surface area contributed by atoms with Gasteiger partial charge < -0.3 is 0 Å². The molecule has 2 nitrogen and oxygen atoms in total. The van der Waals surface area contributed by atoms with E-state index in [1.807, 2.05) is 54.6 Å². The van der Waals surface area contributed by atoms with Crippen molar-refractivity contribution in [2.45, 2.75) is 26.3 Å². The van der Waals surface area contributed by atoms with Crippen LogP contribution in [0, 0.1) is 0 Å². The summed E-state index contributed by atoms with van der Waals surface area (Å²) in [5.41, 5.74) is 2.87. The minimum absolute atomic E-state index is 0.0436. The number of hydrogen-bond donors (Lipinski definition) is 0. The van der Waals surface area contributed by atoms with Crippen molar-refractivity contribution in [2.75, 3.05) is 0 Å². The average molecular weight is 238 g/mol. The molecule has 0 heterocycles. The molecule has 0 radical (unpaired) electrons. The minimum atomic E-state index is -0.0436. The Kier molecular flexibility index (Phi) is 3.56. The summed E-state index contributed by atoms with van der Waals surface area (Å²) >= 11 is 0. The molecule has 1 aromatic carbocycles. The first-order valence-electron chi connectivity index (χ1n) is 6.13. The van der Waals surface area contributed by atoms with E-state index in [1.165, 1.54) is 0 Å². The molecule has 0 saturated carbocycles. The lowest BCUT2D eigenvalue weighted by Crippen LogP contribution is -2.13. The van der Waals surface area contributed by atoms with Crippen LogP contribution >= 0.6 is 0 Å². The van der Waals surface area contributed by atoms with Gasteiger partial charge in [0.05, 0.1) is 22.6 Å². The molecule has 1 aliphatic rings. The minimum Gasteiger partial charge on any atom is -0.280 e. The van der Waals surface area contributed by atoms with Gasteiger partial charge in [-0.05, 0) is 57.2 Å². The van der Waals surface area contributed by atoms with Gasteiger partial charge in [-0.25, -0.2) is 4.99 Å². The highest BCUT2D eigenvalue weighted by Crippen LogP contribution is 2.13. The molecule has 0 N–H and O–H groups in total. The molecule has 1 aliphatic carbocycles. The highest BCUT2D eigenvalue weighted by Gasteiger charge is 2.08. The maximum Gasteiger partial charge on any atom is 0.0638 e. The Bertz CT molecular complexity index is 508. The Labute approximate surface area is 108 Å². The Balaban J connectivity index is 2.15. The van der Waals surface area contributed by atoms with E-state index in [4.69, 9.17) is 0 Å². The Morgan fingerprint density at radius 1 is 0.778 bits per heavy atom. The topological polar surface area (TPSA) is 24.7 Å². The molecule has 0 saturated heterocycles. The first-order chi connectivity index (χ1) is 8.53. The zero-order chi connectivity index (χ0) is 13.0. The normalized spacial score (nSPS) is 14.8. The van der Waals surface area contributed by atoms with Gasteiger partial charge in [-0.15, -0.1) is 0 Å². The summed E-state index contributed by atoms with van der Waals surface area (Å²) in [6.07, 6.45) is 8.01.